The summed E-state index contributed by atoms with van der Waals surface area (Å²) in [6.45, 7) is 6.53. The van der Waals surface area contributed by atoms with Crippen LogP contribution in [0.15, 0.2) is 0 Å². The van der Waals surface area contributed by atoms with Gasteiger partial charge in [-0.2, -0.15) is 0 Å². The molecule has 0 aliphatic heterocycles. The molecule has 0 aromatic carbocycles. The Kier molecular flexibility index (Phi) is 3.23. The van der Waals surface area contributed by atoms with Gasteiger partial charge in [-0.25, -0.2) is 0 Å². The second kappa shape index (κ2) is 4.27. The topological polar surface area (TPSA) is 49.3 Å². The van der Waals surface area contributed by atoms with Gasteiger partial charge in [-0.15, -0.1) is 0 Å². The molecule has 2 fully saturated rings. The van der Waals surface area contributed by atoms with Crippen molar-refractivity contribution in [2.75, 3.05) is 0 Å². The summed E-state index contributed by atoms with van der Waals surface area (Å²) < 4.78 is 0. The van der Waals surface area contributed by atoms with Crippen LogP contribution in [0.5, 0.6) is 0 Å². The van der Waals surface area contributed by atoms with Crippen molar-refractivity contribution in [3.05, 3.63) is 0 Å². The Balaban J connectivity index is 2.27. The molecule has 2 aliphatic carbocycles. The SMILES string of the molecule is CC(C)(C)C1CCCCC1(NC1CC1)C(=O)O. The number of hydrogen-bond acceptors (Lipinski definition) is 2. The molecule has 0 amide bonds. The van der Waals surface area contributed by atoms with E-state index in [-0.39, 0.29) is 11.3 Å². The molecule has 0 aromatic heterocycles. The standard InChI is InChI=1S/C14H25NO2/c1-13(2,3)11-6-4-5-9-14(11,12(16)17)15-10-7-8-10/h10-11,15H,4-9H2,1-3H3,(H,16,17). The molecule has 0 saturated heterocycles. The van der Waals surface area contributed by atoms with E-state index in [0.717, 1.165) is 32.1 Å². The maximum atomic E-state index is 11.8. The molecular formula is C14H25NO2. The first-order valence-corrected chi connectivity index (χ1v) is 6.87. The molecule has 0 heterocycles. The van der Waals surface area contributed by atoms with Crippen LogP contribution in [-0.4, -0.2) is 22.7 Å². The first-order chi connectivity index (χ1) is 7.86. The van der Waals surface area contributed by atoms with Gasteiger partial charge in [0, 0.05) is 6.04 Å². The predicted octanol–water partition coefficient (Wildman–Crippen LogP) is 2.80. The lowest BCUT2D eigenvalue weighted by Crippen LogP contribution is -2.62. The van der Waals surface area contributed by atoms with E-state index >= 15 is 0 Å². The van der Waals surface area contributed by atoms with E-state index in [4.69, 9.17) is 0 Å². The molecule has 2 atom stereocenters. The summed E-state index contributed by atoms with van der Waals surface area (Å²) in [5, 5.41) is 13.2. The summed E-state index contributed by atoms with van der Waals surface area (Å²) in [5.74, 6) is -0.397. The van der Waals surface area contributed by atoms with Crippen molar-refractivity contribution in [2.24, 2.45) is 11.3 Å². The number of rotatable bonds is 3. The van der Waals surface area contributed by atoms with Crippen LogP contribution in [0.3, 0.4) is 0 Å². The van der Waals surface area contributed by atoms with Gasteiger partial charge in [0.2, 0.25) is 0 Å². The highest BCUT2D eigenvalue weighted by Gasteiger charge is 2.53. The van der Waals surface area contributed by atoms with Crippen LogP contribution < -0.4 is 5.32 Å². The molecular weight excluding hydrogens is 214 g/mol. The fourth-order valence-electron chi connectivity index (χ4n) is 3.43. The Morgan fingerprint density at radius 1 is 1.24 bits per heavy atom. The first-order valence-electron chi connectivity index (χ1n) is 6.87. The fourth-order valence-corrected chi connectivity index (χ4v) is 3.43. The second-order valence-corrected chi connectivity index (χ2v) is 6.86. The average Bonchev–Trinajstić information content (AvgIpc) is 3.00. The zero-order chi connectivity index (χ0) is 12.7. The van der Waals surface area contributed by atoms with Crippen molar-refractivity contribution in [3.63, 3.8) is 0 Å². The van der Waals surface area contributed by atoms with Gasteiger partial charge in [0.25, 0.3) is 0 Å². The Hall–Kier alpha value is -0.570. The van der Waals surface area contributed by atoms with E-state index in [9.17, 15) is 9.90 Å². The molecule has 17 heavy (non-hydrogen) atoms. The molecule has 2 saturated carbocycles. The van der Waals surface area contributed by atoms with Gasteiger partial charge in [-0.3, -0.25) is 10.1 Å². The molecule has 0 radical (unpaired) electrons. The van der Waals surface area contributed by atoms with E-state index in [1.165, 1.54) is 6.42 Å². The Morgan fingerprint density at radius 2 is 1.88 bits per heavy atom. The number of hydrogen-bond donors (Lipinski definition) is 2. The van der Waals surface area contributed by atoms with E-state index in [2.05, 4.69) is 26.1 Å². The van der Waals surface area contributed by atoms with Gasteiger partial charge in [0.15, 0.2) is 0 Å². The predicted molar refractivity (Wildman–Crippen MR) is 67.9 cm³/mol. The summed E-state index contributed by atoms with van der Waals surface area (Å²) in [6.07, 6.45) is 6.33. The minimum Gasteiger partial charge on any atom is -0.480 e. The number of nitrogens with one attached hydrogen (secondary N) is 1. The van der Waals surface area contributed by atoms with Crippen LogP contribution in [-0.2, 0) is 4.79 Å². The van der Waals surface area contributed by atoms with Gasteiger partial charge in [0.05, 0.1) is 0 Å². The first kappa shape index (κ1) is 12.9. The van der Waals surface area contributed by atoms with Gasteiger partial charge in [-0.1, -0.05) is 33.6 Å². The number of aliphatic carboxylic acids is 1. The molecule has 98 valence electrons. The van der Waals surface area contributed by atoms with Crippen LogP contribution in [0.2, 0.25) is 0 Å². The average molecular weight is 239 g/mol. The second-order valence-electron chi connectivity index (χ2n) is 6.86. The van der Waals surface area contributed by atoms with Crippen LogP contribution in [0.25, 0.3) is 0 Å². The van der Waals surface area contributed by atoms with Crippen molar-refractivity contribution in [1.29, 1.82) is 0 Å². The lowest BCUT2D eigenvalue weighted by molar-refractivity contribution is -0.152. The maximum absolute atomic E-state index is 11.8. The summed E-state index contributed by atoms with van der Waals surface area (Å²) in [5.41, 5.74) is -0.613. The monoisotopic (exact) mass is 239 g/mol. The number of carboxylic acids is 1. The maximum Gasteiger partial charge on any atom is 0.324 e. The highest BCUT2D eigenvalue weighted by Crippen LogP contribution is 2.45. The fraction of sp³-hybridized carbons (Fsp3) is 0.929. The van der Waals surface area contributed by atoms with Crippen molar-refractivity contribution in [2.45, 2.75) is 70.9 Å². The van der Waals surface area contributed by atoms with Crippen LogP contribution in [0.4, 0.5) is 0 Å². The molecule has 3 nitrogen and oxygen atoms in total. The van der Waals surface area contributed by atoms with Crippen molar-refractivity contribution < 1.29 is 9.90 Å². The third kappa shape index (κ3) is 2.49. The number of carboxylic acid groups (broad SMARTS) is 1. The van der Waals surface area contributed by atoms with E-state index < -0.39 is 11.5 Å². The van der Waals surface area contributed by atoms with Gasteiger partial charge in [-0.05, 0) is 37.0 Å². The molecule has 2 unspecified atom stereocenters. The van der Waals surface area contributed by atoms with Crippen molar-refractivity contribution in [1.82, 2.24) is 5.32 Å². The lowest BCUT2D eigenvalue weighted by atomic mass is 9.62. The quantitative estimate of drug-likeness (QED) is 0.796. The summed E-state index contributed by atoms with van der Waals surface area (Å²) in [6, 6.07) is 0.453. The van der Waals surface area contributed by atoms with E-state index in [0.29, 0.717) is 6.04 Å². The Morgan fingerprint density at radius 3 is 2.35 bits per heavy atom. The Bertz CT molecular complexity index is 304. The van der Waals surface area contributed by atoms with Crippen LogP contribution in [0.1, 0.15) is 59.3 Å². The van der Waals surface area contributed by atoms with Crippen molar-refractivity contribution in [3.8, 4) is 0 Å². The largest absolute Gasteiger partial charge is 0.480 e. The smallest absolute Gasteiger partial charge is 0.324 e. The van der Waals surface area contributed by atoms with Gasteiger partial charge >= 0.3 is 5.97 Å². The van der Waals surface area contributed by atoms with Gasteiger partial charge < -0.3 is 5.11 Å². The van der Waals surface area contributed by atoms with Gasteiger partial charge in [0.1, 0.15) is 5.54 Å². The van der Waals surface area contributed by atoms with Crippen LogP contribution in [0, 0.1) is 11.3 Å². The lowest BCUT2D eigenvalue weighted by Gasteiger charge is -2.48. The molecule has 0 aromatic rings. The third-order valence-corrected chi connectivity index (χ3v) is 4.37. The molecule has 2 rings (SSSR count). The summed E-state index contributed by atoms with van der Waals surface area (Å²) in [7, 11) is 0. The summed E-state index contributed by atoms with van der Waals surface area (Å²) in [4.78, 5) is 11.8. The number of carbonyl (C=O) groups is 1. The van der Waals surface area contributed by atoms with Crippen LogP contribution >= 0.6 is 0 Å². The molecule has 2 N–H and O–H groups in total. The minimum absolute atomic E-state index is 0.0563. The molecule has 0 bridgehead atoms. The third-order valence-electron chi connectivity index (χ3n) is 4.37. The summed E-state index contributed by atoms with van der Waals surface area (Å²) >= 11 is 0. The normalized spacial score (nSPS) is 34.6. The van der Waals surface area contributed by atoms with E-state index in [1.807, 2.05) is 0 Å². The van der Waals surface area contributed by atoms with E-state index in [1.54, 1.807) is 0 Å². The molecule has 3 heteroatoms. The highest BCUT2D eigenvalue weighted by molar-refractivity contribution is 5.79. The molecule has 0 spiro atoms. The zero-order valence-corrected chi connectivity index (χ0v) is 11.3. The zero-order valence-electron chi connectivity index (χ0n) is 11.3. The minimum atomic E-state index is -0.669. The molecule has 2 aliphatic rings. The Labute approximate surface area is 104 Å². The van der Waals surface area contributed by atoms with Crippen molar-refractivity contribution >= 4 is 5.97 Å². The highest BCUT2D eigenvalue weighted by atomic mass is 16.4.